The monoisotopic (exact) mass is 652 g/mol. The summed E-state index contributed by atoms with van der Waals surface area (Å²) in [5, 5.41) is 21.3. The van der Waals surface area contributed by atoms with Crippen LogP contribution in [0.15, 0.2) is 12.1 Å². The fourth-order valence-corrected chi connectivity index (χ4v) is 9.42. The average molecular weight is 653 g/mol. The van der Waals surface area contributed by atoms with Gasteiger partial charge in [-0.3, -0.25) is 4.90 Å². The molecule has 4 aromatic rings. The van der Waals surface area contributed by atoms with Crippen molar-refractivity contribution < 1.29 is 23.4 Å². The van der Waals surface area contributed by atoms with Gasteiger partial charge >= 0.3 is 6.01 Å². The molecule has 2 unspecified atom stereocenters. The first-order valence-corrected chi connectivity index (χ1v) is 16.5. The summed E-state index contributed by atoms with van der Waals surface area (Å²) in [5.74, 6) is -0.222. The number of benzene rings is 2. The molecule has 2 aromatic heterocycles. The van der Waals surface area contributed by atoms with Crippen molar-refractivity contribution in [2.24, 2.45) is 5.92 Å². The van der Waals surface area contributed by atoms with Crippen LogP contribution in [0.4, 0.5) is 19.6 Å². The summed E-state index contributed by atoms with van der Waals surface area (Å²) in [6.07, 6.45) is 3.52. The Morgan fingerprint density at radius 2 is 2.11 bits per heavy atom. The van der Waals surface area contributed by atoms with Crippen molar-refractivity contribution in [2.45, 2.75) is 56.7 Å². The predicted octanol–water partition coefficient (Wildman–Crippen LogP) is 5.87. The molecule has 0 radical (unpaired) electrons. The second kappa shape index (κ2) is 10.5. The molecule has 0 bridgehead atoms. The number of halogens is 3. The van der Waals surface area contributed by atoms with Gasteiger partial charge in [-0.2, -0.15) is 15.2 Å². The Bertz CT molecular complexity index is 1930. The van der Waals surface area contributed by atoms with Crippen LogP contribution in [0.1, 0.15) is 44.6 Å². The highest BCUT2D eigenvalue weighted by Gasteiger charge is 2.48. The van der Waals surface area contributed by atoms with E-state index in [1.165, 1.54) is 12.1 Å². The number of hydrogen-bond donors (Lipinski definition) is 2. The zero-order valence-corrected chi connectivity index (χ0v) is 26.1. The van der Waals surface area contributed by atoms with Gasteiger partial charge in [-0.1, -0.05) is 24.6 Å². The molecule has 3 N–H and O–H groups in total. The Morgan fingerprint density at radius 1 is 1.27 bits per heavy atom. The molecule has 0 saturated carbocycles. The Kier molecular flexibility index (Phi) is 6.77. The van der Waals surface area contributed by atoms with Gasteiger partial charge in [0.15, 0.2) is 11.6 Å². The number of nitriles is 1. The second-order valence-electron chi connectivity index (χ2n) is 12.8. The number of rotatable bonds is 4. The van der Waals surface area contributed by atoms with Gasteiger partial charge in [-0.05, 0) is 49.8 Å². The van der Waals surface area contributed by atoms with Crippen LogP contribution in [-0.2, 0) is 0 Å². The maximum Gasteiger partial charge on any atom is 0.319 e. The Balaban J connectivity index is 1.36. The van der Waals surface area contributed by atoms with Gasteiger partial charge in [0, 0.05) is 30.5 Å². The number of nitrogen functional groups attached to an aromatic ring is 1. The maximum absolute atomic E-state index is 17.1. The lowest BCUT2D eigenvalue weighted by molar-refractivity contribution is 0.107. The average Bonchev–Trinajstić information content (AvgIpc) is 3.74. The van der Waals surface area contributed by atoms with E-state index in [9.17, 15) is 14.8 Å². The lowest BCUT2D eigenvalue weighted by Gasteiger charge is -2.33. The largest absolute Gasteiger partial charge is 0.491 e. The van der Waals surface area contributed by atoms with E-state index < -0.39 is 17.7 Å². The number of thiophene rings is 1. The van der Waals surface area contributed by atoms with Crippen LogP contribution in [0.2, 0.25) is 5.02 Å². The number of fused-ring (bicyclic) bond motifs is 4. The molecule has 234 valence electrons. The van der Waals surface area contributed by atoms with Crippen LogP contribution < -0.4 is 20.1 Å². The molecule has 3 saturated heterocycles. The van der Waals surface area contributed by atoms with E-state index in [2.05, 4.69) is 16.8 Å². The van der Waals surface area contributed by atoms with Crippen molar-refractivity contribution in [1.82, 2.24) is 14.9 Å². The van der Waals surface area contributed by atoms with Gasteiger partial charge < -0.3 is 25.2 Å². The second-order valence-corrected chi connectivity index (χ2v) is 14.2. The van der Waals surface area contributed by atoms with E-state index in [1.807, 2.05) is 11.0 Å². The summed E-state index contributed by atoms with van der Waals surface area (Å²) in [6, 6.07) is 4.40. The van der Waals surface area contributed by atoms with E-state index in [4.69, 9.17) is 31.8 Å². The highest BCUT2D eigenvalue weighted by atomic mass is 35.5. The highest BCUT2D eigenvalue weighted by Crippen LogP contribution is 2.51. The molecule has 0 amide bonds. The Labute approximate surface area is 267 Å². The first kappa shape index (κ1) is 28.9. The van der Waals surface area contributed by atoms with Crippen LogP contribution in [0.3, 0.4) is 0 Å². The molecule has 4 atom stereocenters. The first-order chi connectivity index (χ1) is 21.7. The summed E-state index contributed by atoms with van der Waals surface area (Å²) < 4.78 is 44.7. The van der Waals surface area contributed by atoms with Crippen LogP contribution in [0.5, 0.6) is 11.8 Å². The van der Waals surface area contributed by atoms with Crippen LogP contribution in [-0.4, -0.2) is 70.5 Å². The summed E-state index contributed by atoms with van der Waals surface area (Å²) in [7, 11) is 0. The fourth-order valence-electron chi connectivity index (χ4n) is 8.14. The summed E-state index contributed by atoms with van der Waals surface area (Å²) in [4.78, 5) is 13.9. The van der Waals surface area contributed by atoms with Crippen molar-refractivity contribution in [3.8, 4) is 29.0 Å². The van der Waals surface area contributed by atoms with Crippen molar-refractivity contribution in [3.63, 3.8) is 0 Å². The number of aliphatic hydroxyl groups is 1. The highest BCUT2D eigenvalue weighted by molar-refractivity contribution is 7.23. The molecule has 9 nitrogen and oxygen atoms in total. The van der Waals surface area contributed by atoms with E-state index in [-0.39, 0.29) is 77.7 Å². The fraction of sp³-hybridized carbons (Fsp3) is 0.469. The lowest BCUT2D eigenvalue weighted by Crippen LogP contribution is -2.43. The van der Waals surface area contributed by atoms with Crippen molar-refractivity contribution in [2.75, 3.05) is 43.5 Å². The normalized spacial score (nSPS) is 26.0. The molecule has 8 rings (SSSR count). The number of nitrogens with zero attached hydrogens (tertiary/aromatic N) is 5. The first-order valence-electron chi connectivity index (χ1n) is 15.3. The molecular formula is C32H31ClF2N6O3S. The topological polar surface area (TPSA) is 121 Å². The third-order valence-corrected chi connectivity index (χ3v) is 11.4. The standard InChI is InChI=1S/C32H31ClF2N6O3S/c1-15-11-32(7-2-8-40(32)13-15)14-44-31-38-26-23-27(43-10-6-19-20(42)5-9-41(19)30(23)39-31)24(33)22(25(26)35)16-3-4-18(34)28-21(16)17(12-36)29(37)45-28/h3-4,15,19-20,42H,2,5-11,13-14,37H2,1H3/t15-,19?,20?,32+/m1/s1. The van der Waals surface area contributed by atoms with Crippen molar-refractivity contribution in [1.29, 1.82) is 5.26 Å². The Morgan fingerprint density at radius 3 is 2.93 bits per heavy atom. The molecule has 4 aliphatic heterocycles. The van der Waals surface area contributed by atoms with Crippen LogP contribution in [0, 0.1) is 28.9 Å². The van der Waals surface area contributed by atoms with E-state index in [0.717, 1.165) is 43.7 Å². The van der Waals surface area contributed by atoms with E-state index >= 15 is 4.39 Å². The molecular weight excluding hydrogens is 622 g/mol. The molecule has 3 fully saturated rings. The minimum atomic E-state index is -0.774. The number of anilines is 2. The molecule has 2 aromatic carbocycles. The van der Waals surface area contributed by atoms with Gasteiger partial charge in [0.05, 0.1) is 45.0 Å². The molecule has 6 heterocycles. The zero-order valence-electron chi connectivity index (χ0n) is 24.6. The van der Waals surface area contributed by atoms with Gasteiger partial charge in [-0.15, -0.1) is 11.3 Å². The van der Waals surface area contributed by atoms with E-state index in [0.29, 0.717) is 37.7 Å². The number of ether oxygens (including phenoxy) is 2. The minimum Gasteiger partial charge on any atom is -0.491 e. The number of nitrogens with two attached hydrogens (primary N) is 1. The van der Waals surface area contributed by atoms with Gasteiger partial charge in [-0.25, -0.2) is 8.78 Å². The molecule has 13 heteroatoms. The SMILES string of the molecule is C[C@H]1CN2CCC[C@@]2(COc2nc3c4c(c(Cl)c(-c5ccc(F)c6sc(N)c(C#N)c56)c(F)c4n2)OCCC2C(O)CCN32)C1. The Hall–Kier alpha value is -3.50. The third-order valence-electron chi connectivity index (χ3n) is 10.1. The summed E-state index contributed by atoms with van der Waals surface area (Å²) in [6.45, 7) is 5.37. The van der Waals surface area contributed by atoms with Gasteiger partial charge in [0.1, 0.15) is 34.8 Å². The number of aromatic nitrogens is 2. The lowest BCUT2D eigenvalue weighted by atomic mass is 9.92. The molecule has 0 aliphatic carbocycles. The van der Waals surface area contributed by atoms with Gasteiger partial charge in [0.2, 0.25) is 0 Å². The van der Waals surface area contributed by atoms with E-state index in [1.54, 1.807) is 0 Å². The molecule has 0 spiro atoms. The minimum absolute atomic E-state index is 0.0267. The number of hydrogen-bond acceptors (Lipinski definition) is 10. The summed E-state index contributed by atoms with van der Waals surface area (Å²) in [5.41, 5.74) is 6.11. The smallest absolute Gasteiger partial charge is 0.319 e. The van der Waals surface area contributed by atoms with Crippen molar-refractivity contribution in [3.05, 3.63) is 34.4 Å². The zero-order chi connectivity index (χ0) is 31.2. The van der Waals surface area contributed by atoms with Gasteiger partial charge in [0.25, 0.3) is 0 Å². The van der Waals surface area contributed by atoms with Crippen molar-refractivity contribution >= 4 is 54.7 Å². The number of aliphatic hydroxyl groups excluding tert-OH is 1. The predicted molar refractivity (Wildman–Crippen MR) is 169 cm³/mol. The quantitative estimate of drug-likeness (QED) is 0.279. The molecule has 45 heavy (non-hydrogen) atoms. The summed E-state index contributed by atoms with van der Waals surface area (Å²) >= 11 is 7.93. The molecule has 4 aliphatic rings. The third kappa shape index (κ3) is 4.28. The van der Waals surface area contributed by atoms with Crippen LogP contribution >= 0.6 is 22.9 Å². The maximum atomic E-state index is 17.1. The van der Waals surface area contributed by atoms with Crippen LogP contribution in [0.25, 0.3) is 32.1 Å².